The number of aromatic nitrogens is 3. The van der Waals surface area contributed by atoms with Gasteiger partial charge in [-0.1, -0.05) is 35.5 Å². The van der Waals surface area contributed by atoms with Gasteiger partial charge in [-0.2, -0.15) is 12.6 Å². The van der Waals surface area contributed by atoms with Gasteiger partial charge in [-0.05, 0) is 18.4 Å². The van der Waals surface area contributed by atoms with Crippen LogP contribution in [0, 0.1) is 0 Å². The molecule has 1 aromatic carbocycles. The summed E-state index contributed by atoms with van der Waals surface area (Å²) < 4.78 is 1.74. The van der Waals surface area contributed by atoms with Crippen molar-refractivity contribution in [3.8, 4) is 0 Å². The van der Waals surface area contributed by atoms with Crippen molar-refractivity contribution >= 4 is 18.5 Å². The maximum absolute atomic E-state index is 11.9. The molecule has 2 rings (SSSR count). The number of carbonyl (C=O) groups is 1. The van der Waals surface area contributed by atoms with Gasteiger partial charge in [0.1, 0.15) is 0 Å². The van der Waals surface area contributed by atoms with E-state index in [9.17, 15) is 4.79 Å². The van der Waals surface area contributed by atoms with Gasteiger partial charge in [0.15, 0.2) is 0 Å². The van der Waals surface area contributed by atoms with E-state index >= 15 is 0 Å². The highest BCUT2D eigenvalue weighted by Gasteiger charge is 2.13. The largest absolute Gasteiger partial charge is 0.355 e. The van der Waals surface area contributed by atoms with Crippen molar-refractivity contribution in [2.24, 2.45) is 0 Å². The van der Waals surface area contributed by atoms with Gasteiger partial charge in [-0.3, -0.25) is 9.48 Å². The topological polar surface area (TPSA) is 59.8 Å². The average molecular weight is 290 g/mol. The second kappa shape index (κ2) is 7.69. The summed E-state index contributed by atoms with van der Waals surface area (Å²) in [7, 11) is 0. The molecule has 1 N–H and O–H groups in total. The van der Waals surface area contributed by atoms with Crippen LogP contribution in [0.15, 0.2) is 42.7 Å². The van der Waals surface area contributed by atoms with Gasteiger partial charge >= 0.3 is 0 Å². The number of nitrogens with one attached hydrogen (secondary N) is 1. The zero-order valence-corrected chi connectivity index (χ0v) is 12.0. The first-order valence-electron chi connectivity index (χ1n) is 6.59. The fourth-order valence-electron chi connectivity index (χ4n) is 1.85. The minimum atomic E-state index is -0.316. The van der Waals surface area contributed by atoms with E-state index in [1.54, 1.807) is 17.1 Å². The minimum Gasteiger partial charge on any atom is -0.355 e. The van der Waals surface area contributed by atoms with Crippen LogP contribution in [-0.4, -0.2) is 32.7 Å². The van der Waals surface area contributed by atoms with E-state index in [0.29, 0.717) is 13.0 Å². The molecule has 1 aromatic heterocycles. The molecule has 1 heterocycles. The van der Waals surface area contributed by atoms with E-state index in [0.717, 1.165) is 18.5 Å². The van der Waals surface area contributed by atoms with Crippen LogP contribution in [0.1, 0.15) is 12.0 Å². The van der Waals surface area contributed by atoms with Crippen LogP contribution < -0.4 is 5.32 Å². The zero-order chi connectivity index (χ0) is 14.2. The summed E-state index contributed by atoms with van der Waals surface area (Å²) in [6, 6.07) is 9.89. The summed E-state index contributed by atoms with van der Waals surface area (Å²) in [6.07, 6.45) is 4.90. The summed E-state index contributed by atoms with van der Waals surface area (Å²) in [5.74, 6) is -0.0317. The molecule has 106 valence electrons. The molecule has 6 heteroatoms. The van der Waals surface area contributed by atoms with Gasteiger partial charge in [0, 0.05) is 19.3 Å². The van der Waals surface area contributed by atoms with Gasteiger partial charge in [-0.25, -0.2) is 0 Å². The van der Waals surface area contributed by atoms with Gasteiger partial charge in [0.25, 0.3) is 0 Å². The Kier molecular flexibility index (Phi) is 5.61. The Labute approximate surface area is 123 Å². The number of hydrogen-bond donors (Lipinski definition) is 2. The molecule has 5 nitrogen and oxygen atoms in total. The summed E-state index contributed by atoms with van der Waals surface area (Å²) in [4.78, 5) is 11.9. The molecule has 0 bridgehead atoms. The van der Waals surface area contributed by atoms with Crippen molar-refractivity contribution in [3.05, 3.63) is 48.3 Å². The number of rotatable bonds is 7. The first kappa shape index (κ1) is 14.6. The molecular weight excluding hydrogens is 272 g/mol. The van der Waals surface area contributed by atoms with Gasteiger partial charge in [-0.15, -0.1) is 5.10 Å². The molecule has 20 heavy (non-hydrogen) atoms. The standard InChI is InChI=1S/C14H18N4OS/c19-14(13(20)11-12-5-2-1-3-6-12)15-7-4-9-18-10-8-16-17-18/h1-3,5-6,8,10,13,20H,4,7,9,11H2,(H,15,19). The van der Waals surface area contributed by atoms with E-state index in [4.69, 9.17) is 0 Å². The van der Waals surface area contributed by atoms with Crippen LogP contribution in [0.2, 0.25) is 0 Å². The molecule has 0 saturated carbocycles. The molecule has 0 aliphatic rings. The normalized spacial score (nSPS) is 12.1. The minimum absolute atomic E-state index is 0.0317. The highest BCUT2D eigenvalue weighted by molar-refractivity contribution is 7.81. The molecule has 0 fully saturated rings. The van der Waals surface area contributed by atoms with Crippen LogP contribution in [0.4, 0.5) is 0 Å². The van der Waals surface area contributed by atoms with Crippen molar-refractivity contribution < 1.29 is 4.79 Å². The lowest BCUT2D eigenvalue weighted by Crippen LogP contribution is -2.33. The Balaban J connectivity index is 1.66. The van der Waals surface area contributed by atoms with Crippen LogP contribution in [0.3, 0.4) is 0 Å². The average Bonchev–Trinajstić information content (AvgIpc) is 2.97. The van der Waals surface area contributed by atoms with E-state index in [1.165, 1.54) is 0 Å². The maximum atomic E-state index is 11.9. The number of hydrogen-bond acceptors (Lipinski definition) is 4. The predicted molar refractivity (Wildman–Crippen MR) is 80.6 cm³/mol. The Morgan fingerprint density at radius 3 is 2.85 bits per heavy atom. The highest BCUT2D eigenvalue weighted by atomic mass is 32.1. The Bertz CT molecular complexity index is 515. The molecule has 0 spiro atoms. The Morgan fingerprint density at radius 2 is 2.15 bits per heavy atom. The number of carbonyl (C=O) groups excluding carboxylic acids is 1. The summed E-state index contributed by atoms with van der Waals surface area (Å²) >= 11 is 4.36. The van der Waals surface area contributed by atoms with Crippen molar-refractivity contribution in [2.75, 3.05) is 6.54 Å². The monoisotopic (exact) mass is 290 g/mol. The summed E-state index contributed by atoms with van der Waals surface area (Å²) in [5.41, 5.74) is 1.12. The molecule has 0 radical (unpaired) electrons. The molecule has 2 aromatic rings. The second-order valence-corrected chi connectivity index (χ2v) is 5.14. The maximum Gasteiger partial charge on any atom is 0.233 e. The van der Waals surface area contributed by atoms with Crippen molar-refractivity contribution in [2.45, 2.75) is 24.6 Å². The van der Waals surface area contributed by atoms with Gasteiger partial charge in [0.2, 0.25) is 5.91 Å². The highest BCUT2D eigenvalue weighted by Crippen LogP contribution is 2.07. The van der Waals surface area contributed by atoms with Crippen LogP contribution in [0.25, 0.3) is 0 Å². The van der Waals surface area contributed by atoms with E-state index in [2.05, 4.69) is 28.3 Å². The summed E-state index contributed by atoms with van der Waals surface area (Å²) in [6.45, 7) is 1.36. The number of nitrogens with zero attached hydrogens (tertiary/aromatic N) is 3. The third kappa shape index (κ3) is 4.70. The smallest absolute Gasteiger partial charge is 0.233 e. The number of benzene rings is 1. The lowest BCUT2D eigenvalue weighted by Gasteiger charge is -2.11. The number of thiol groups is 1. The first-order valence-corrected chi connectivity index (χ1v) is 7.11. The number of amides is 1. The van der Waals surface area contributed by atoms with Crippen LogP contribution >= 0.6 is 12.6 Å². The van der Waals surface area contributed by atoms with Gasteiger partial charge in [0.05, 0.1) is 11.4 Å². The second-order valence-electron chi connectivity index (χ2n) is 4.52. The quantitative estimate of drug-likeness (QED) is 0.597. The molecule has 1 unspecified atom stereocenters. The molecular formula is C14H18N4OS. The molecule has 0 saturated heterocycles. The van der Waals surface area contributed by atoms with Crippen LogP contribution in [0.5, 0.6) is 0 Å². The third-order valence-corrected chi connectivity index (χ3v) is 3.33. The zero-order valence-electron chi connectivity index (χ0n) is 11.1. The number of aryl methyl sites for hydroxylation is 1. The molecule has 1 atom stereocenters. The molecule has 1 amide bonds. The van der Waals surface area contributed by atoms with Crippen molar-refractivity contribution in [1.82, 2.24) is 20.3 Å². The van der Waals surface area contributed by atoms with E-state index in [1.807, 2.05) is 30.3 Å². The fourth-order valence-corrected chi connectivity index (χ4v) is 2.15. The SMILES string of the molecule is O=C(NCCCn1ccnn1)C(S)Cc1ccccc1. The van der Waals surface area contributed by atoms with E-state index in [-0.39, 0.29) is 11.2 Å². The predicted octanol–water partition coefficient (Wildman–Crippen LogP) is 1.33. The van der Waals surface area contributed by atoms with Gasteiger partial charge < -0.3 is 5.32 Å². The van der Waals surface area contributed by atoms with Crippen molar-refractivity contribution in [1.29, 1.82) is 0 Å². The lowest BCUT2D eigenvalue weighted by atomic mass is 10.1. The lowest BCUT2D eigenvalue weighted by molar-refractivity contribution is -0.120. The van der Waals surface area contributed by atoms with Crippen molar-refractivity contribution in [3.63, 3.8) is 0 Å². The van der Waals surface area contributed by atoms with Crippen LogP contribution in [-0.2, 0) is 17.8 Å². The fraction of sp³-hybridized carbons (Fsp3) is 0.357. The molecule has 0 aliphatic carbocycles. The van der Waals surface area contributed by atoms with E-state index < -0.39 is 0 Å². The molecule has 0 aliphatic heterocycles. The Morgan fingerprint density at radius 1 is 1.35 bits per heavy atom. The Hall–Kier alpha value is -1.82. The third-order valence-electron chi connectivity index (χ3n) is 2.91. The summed E-state index contributed by atoms with van der Waals surface area (Å²) in [5, 5.41) is 10.2. The first-order chi connectivity index (χ1) is 9.75.